The van der Waals surface area contributed by atoms with Gasteiger partial charge in [0, 0.05) is 15.5 Å². The molecular formula is C28H28ClN3O6S. The normalized spacial score (nSPS) is 12.5. The van der Waals surface area contributed by atoms with E-state index in [0.29, 0.717) is 45.0 Å². The molecule has 4 rings (SSSR count). The molecule has 0 fully saturated rings. The molecule has 1 aromatic heterocycles. The number of rotatable bonds is 9. The van der Waals surface area contributed by atoms with Crippen molar-refractivity contribution in [3.05, 3.63) is 74.6 Å². The number of hydrazone groups is 1. The number of methoxy groups -OCH3 is 1. The molecule has 1 aliphatic carbocycles. The van der Waals surface area contributed by atoms with E-state index in [1.54, 1.807) is 44.2 Å². The third kappa shape index (κ3) is 6.76. The molecule has 0 saturated carbocycles. The highest BCUT2D eigenvalue weighted by atomic mass is 35.5. The molecular weight excluding hydrogens is 542 g/mol. The number of nitrogens with one attached hydrogen (secondary N) is 2. The minimum Gasteiger partial charge on any atom is -0.493 e. The van der Waals surface area contributed by atoms with Crippen molar-refractivity contribution < 1.29 is 28.6 Å². The Morgan fingerprint density at radius 2 is 1.82 bits per heavy atom. The quantitative estimate of drug-likeness (QED) is 0.160. The number of nitrogens with zero attached hydrogens (tertiary/aromatic N) is 1. The molecule has 0 radical (unpaired) electrons. The number of thiophene rings is 1. The van der Waals surface area contributed by atoms with E-state index < -0.39 is 17.8 Å². The van der Waals surface area contributed by atoms with Crippen LogP contribution in [0.25, 0.3) is 0 Å². The number of halogens is 1. The van der Waals surface area contributed by atoms with E-state index in [-0.39, 0.29) is 6.61 Å². The van der Waals surface area contributed by atoms with Crippen molar-refractivity contribution >= 4 is 51.4 Å². The van der Waals surface area contributed by atoms with E-state index in [4.69, 9.17) is 25.8 Å². The molecule has 9 nitrogen and oxygen atoms in total. The number of fused-ring (bicyclic) bond motifs is 1. The predicted octanol–water partition coefficient (Wildman–Crippen LogP) is 5.13. The molecule has 39 heavy (non-hydrogen) atoms. The number of aryl methyl sites for hydroxylation is 1. The smallest absolute Gasteiger partial charge is 0.341 e. The van der Waals surface area contributed by atoms with Crippen LogP contribution in [0.5, 0.6) is 11.5 Å². The molecule has 2 N–H and O–H groups in total. The van der Waals surface area contributed by atoms with Crippen molar-refractivity contribution in [3.63, 3.8) is 0 Å². The van der Waals surface area contributed by atoms with Gasteiger partial charge in [0.15, 0.2) is 11.5 Å². The van der Waals surface area contributed by atoms with Gasteiger partial charge in [-0.1, -0.05) is 23.7 Å². The fourth-order valence-corrected chi connectivity index (χ4v) is 5.47. The Hall–Kier alpha value is -3.89. The van der Waals surface area contributed by atoms with E-state index >= 15 is 0 Å². The van der Waals surface area contributed by atoms with Crippen molar-refractivity contribution in [2.45, 2.75) is 39.7 Å². The van der Waals surface area contributed by atoms with Crippen molar-refractivity contribution in [2.24, 2.45) is 5.10 Å². The third-order valence-electron chi connectivity index (χ3n) is 6.05. The van der Waals surface area contributed by atoms with E-state index in [1.807, 2.05) is 12.1 Å². The molecule has 3 aromatic rings. The number of anilines is 1. The Morgan fingerprint density at radius 1 is 1.05 bits per heavy atom. The number of hydrogen-bond acceptors (Lipinski definition) is 8. The second-order valence-electron chi connectivity index (χ2n) is 8.65. The van der Waals surface area contributed by atoms with Gasteiger partial charge < -0.3 is 19.5 Å². The number of ether oxygens (including phenoxy) is 3. The van der Waals surface area contributed by atoms with Crippen LogP contribution >= 0.6 is 22.9 Å². The van der Waals surface area contributed by atoms with Gasteiger partial charge in [-0.2, -0.15) is 5.10 Å². The topological polar surface area (TPSA) is 115 Å². The number of amides is 2. The van der Waals surface area contributed by atoms with E-state index in [2.05, 4.69) is 15.8 Å². The molecule has 0 bridgehead atoms. The molecule has 11 heteroatoms. The highest BCUT2D eigenvalue weighted by Crippen LogP contribution is 2.39. The highest BCUT2D eigenvalue weighted by Gasteiger charge is 2.29. The number of hydrogen-bond donors (Lipinski definition) is 2. The number of carbonyl (C=O) groups excluding carboxylic acids is 3. The molecule has 1 aliphatic rings. The van der Waals surface area contributed by atoms with Gasteiger partial charge in [0.2, 0.25) is 0 Å². The first-order chi connectivity index (χ1) is 18.8. The van der Waals surface area contributed by atoms with Gasteiger partial charge in [0.05, 0.1) is 25.0 Å². The Morgan fingerprint density at radius 3 is 2.54 bits per heavy atom. The van der Waals surface area contributed by atoms with Crippen LogP contribution in [-0.2, 0) is 33.8 Å². The van der Waals surface area contributed by atoms with Crippen LogP contribution in [0.15, 0.2) is 47.6 Å². The van der Waals surface area contributed by atoms with Gasteiger partial charge in [-0.15, -0.1) is 11.3 Å². The van der Waals surface area contributed by atoms with Gasteiger partial charge in [-0.05, 0) is 74.6 Å². The summed E-state index contributed by atoms with van der Waals surface area (Å²) in [5, 5.41) is 7.58. The molecule has 2 aromatic carbocycles. The SMILES string of the molecule is CCOC(=O)c1c(NC(=O)C(=O)NN=C(C)c2ccc(OCc3ccc(Cl)cc3)c(OC)c2)sc2c1CCC2. The summed E-state index contributed by atoms with van der Waals surface area (Å²) in [5.74, 6) is -1.38. The summed E-state index contributed by atoms with van der Waals surface area (Å²) in [4.78, 5) is 38.6. The number of esters is 1. The lowest BCUT2D eigenvalue weighted by Gasteiger charge is -2.12. The average Bonchev–Trinajstić information content (AvgIpc) is 3.52. The van der Waals surface area contributed by atoms with Crippen molar-refractivity contribution in [3.8, 4) is 11.5 Å². The predicted molar refractivity (Wildman–Crippen MR) is 150 cm³/mol. The Balaban J connectivity index is 1.40. The lowest BCUT2D eigenvalue weighted by molar-refractivity contribution is -0.136. The minimum atomic E-state index is -0.965. The summed E-state index contributed by atoms with van der Waals surface area (Å²) in [7, 11) is 1.53. The van der Waals surface area contributed by atoms with Crippen LogP contribution in [-0.4, -0.2) is 37.2 Å². The van der Waals surface area contributed by atoms with E-state index in [9.17, 15) is 14.4 Å². The molecule has 0 unspecified atom stereocenters. The van der Waals surface area contributed by atoms with E-state index in [1.165, 1.54) is 18.4 Å². The Kier molecular flexibility index (Phi) is 9.21. The van der Waals surface area contributed by atoms with Crippen LogP contribution in [0, 0.1) is 0 Å². The molecule has 0 atom stereocenters. The largest absolute Gasteiger partial charge is 0.493 e. The summed E-state index contributed by atoms with van der Waals surface area (Å²) in [6.45, 7) is 3.94. The van der Waals surface area contributed by atoms with Crippen molar-refractivity contribution in [2.75, 3.05) is 19.0 Å². The fraction of sp³-hybridized carbons (Fsp3) is 0.286. The summed E-state index contributed by atoms with van der Waals surface area (Å²) in [6, 6.07) is 12.6. The van der Waals surface area contributed by atoms with Crippen LogP contribution in [0.1, 0.15) is 52.2 Å². The van der Waals surface area contributed by atoms with Crippen molar-refractivity contribution in [1.82, 2.24) is 5.43 Å². The zero-order chi connectivity index (χ0) is 27.9. The lowest BCUT2D eigenvalue weighted by atomic mass is 10.1. The maximum Gasteiger partial charge on any atom is 0.341 e. The standard InChI is InChI=1S/C28H28ClN3O6S/c1-4-37-28(35)24-20-6-5-7-23(20)39-27(24)30-25(33)26(34)32-31-16(2)18-10-13-21(22(14-18)36-3)38-15-17-8-11-19(29)12-9-17/h8-14H,4-7,15H2,1-3H3,(H,30,33)(H,32,34). The minimum absolute atomic E-state index is 0.214. The van der Waals surface area contributed by atoms with E-state index in [0.717, 1.165) is 35.3 Å². The monoisotopic (exact) mass is 569 g/mol. The van der Waals surface area contributed by atoms with Crippen LogP contribution in [0.3, 0.4) is 0 Å². The second kappa shape index (κ2) is 12.8. The van der Waals surface area contributed by atoms with Gasteiger partial charge in [-0.25, -0.2) is 10.2 Å². The molecule has 2 amide bonds. The molecule has 0 spiro atoms. The maximum atomic E-state index is 12.6. The first kappa shape index (κ1) is 28.1. The number of carbonyl (C=O) groups is 3. The zero-order valence-corrected chi connectivity index (χ0v) is 23.3. The van der Waals surface area contributed by atoms with Gasteiger partial charge in [0.25, 0.3) is 0 Å². The summed E-state index contributed by atoms with van der Waals surface area (Å²) in [5.41, 5.74) is 5.54. The van der Waals surface area contributed by atoms with Gasteiger partial charge in [0.1, 0.15) is 11.6 Å². The van der Waals surface area contributed by atoms with Gasteiger partial charge in [-0.3, -0.25) is 9.59 Å². The van der Waals surface area contributed by atoms with Crippen molar-refractivity contribution in [1.29, 1.82) is 0 Å². The van der Waals surface area contributed by atoms with Crippen LogP contribution in [0.2, 0.25) is 5.02 Å². The highest BCUT2D eigenvalue weighted by molar-refractivity contribution is 7.17. The second-order valence-corrected chi connectivity index (χ2v) is 10.2. The first-order valence-electron chi connectivity index (χ1n) is 12.3. The summed E-state index contributed by atoms with van der Waals surface area (Å²) >= 11 is 7.23. The van der Waals surface area contributed by atoms with Crippen LogP contribution in [0.4, 0.5) is 5.00 Å². The van der Waals surface area contributed by atoms with Gasteiger partial charge >= 0.3 is 17.8 Å². The molecule has 0 aliphatic heterocycles. The summed E-state index contributed by atoms with van der Waals surface area (Å²) < 4.78 is 16.5. The number of benzene rings is 2. The first-order valence-corrected chi connectivity index (χ1v) is 13.5. The average molecular weight is 570 g/mol. The van der Waals surface area contributed by atoms with Crippen LogP contribution < -0.4 is 20.2 Å². The summed E-state index contributed by atoms with van der Waals surface area (Å²) in [6.07, 6.45) is 2.50. The fourth-order valence-electron chi connectivity index (χ4n) is 4.07. The third-order valence-corrected chi connectivity index (χ3v) is 7.51. The Bertz CT molecular complexity index is 1420. The molecule has 0 saturated heterocycles. The lowest BCUT2D eigenvalue weighted by Crippen LogP contribution is -2.33. The molecule has 1 heterocycles. The Labute approximate surface area is 235 Å². The zero-order valence-electron chi connectivity index (χ0n) is 21.8. The molecule has 204 valence electrons. The maximum absolute atomic E-state index is 12.6.